The van der Waals surface area contributed by atoms with E-state index < -0.39 is 23.7 Å². The molecule has 0 bridgehead atoms. The zero-order chi connectivity index (χ0) is 19.5. The van der Waals surface area contributed by atoms with Gasteiger partial charge >= 0.3 is 12.1 Å². The Labute approximate surface area is 168 Å². The Balaban J connectivity index is 2.25. The highest BCUT2D eigenvalue weighted by molar-refractivity contribution is 14.2. The molecule has 1 aromatic carbocycles. The lowest BCUT2D eigenvalue weighted by Gasteiger charge is -2.23. The number of methoxy groups -OCH3 is 1. The van der Waals surface area contributed by atoms with Gasteiger partial charge < -0.3 is 14.8 Å². The molecule has 7 nitrogen and oxygen atoms in total. The van der Waals surface area contributed by atoms with E-state index in [-0.39, 0.29) is 0 Å². The van der Waals surface area contributed by atoms with Gasteiger partial charge in [0.1, 0.15) is 11.6 Å². The van der Waals surface area contributed by atoms with E-state index in [1.165, 1.54) is 16.2 Å². The first-order valence-electron chi connectivity index (χ1n) is 7.99. The van der Waals surface area contributed by atoms with Gasteiger partial charge in [0.2, 0.25) is 0 Å². The molecule has 1 aromatic heterocycles. The molecule has 0 aliphatic carbocycles. The number of hydrogen-bond donors (Lipinski definition) is 1. The molecule has 9 heteroatoms. The van der Waals surface area contributed by atoms with E-state index in [1.54, 1.807) is 27.0 Å². The molecule has 1 amide bonds. The Morgan fingerprint density at radius 3 is 2.65 bits per heavy atom. The molecule has 0 aliphatic rings. The van der Waals surface area contributed by atoms with Crippen LogP contribution in [0.25, 0.3) is 10.9 Å². The third-order valence-corrected chi connectivity index (χ3v) is 5.31. The van der Waals surface area contributed by atoms with Crippen LogP contribution in [0.2, 0.25) is 0 Å². The summed E-state index contributed by atoms with van der Waals surface area (Å²) in [6.07, 6.45) is 1.45. The Morgan fingerprint density at radius 2 is 2.08 bits per heavy atom. The molecule has 1 unspecified atom stereocenters. The number of rotatable bonds is 5. The van der Waals surface area contributed by atoms with Gasteiger partial charge in [-0.2, -0.15) is 9.19 Å². The summed E-state index contributed by atoms with van der Waals surface area (Å²) in [6, 6.07) is 3.06. The monoisotopic (exact) mass is 491 g/mol. The molecular formula is C17H22IN3O4S. The Morgan fingerprint density at radius 1 is 1.38 bits per heavy atom. The van der Waals surface area contributed by atoms with Crippen molar-refractivity contribution in [2.24, 2.45) is 0 Å². The van der Waals surface area contributed by atoms with Gasteiger partial charge in [0.15, 0.2) is 0 Å². The fourth-order valence-corrected chi connectivity index (χ4v) is 3.80. The van der Waals surface area contributed by atoms with Crippen molar-refractivity contribution in [3.63, 3.8) is 0 Å². The van der Waals surface area contributed by atoms with Crippen molar-refractivity contribution < 1.29 is 19.1 Å². The van der Waals surface area contributed by atoms with Crippen LogP contribution in [0.1, 0.15) is 31.9 Å². The van der Waals surface area contributed by atoms with Crippen LogP contribution in [0.5, 0.6) is 0 Å². The molecule has 0 spiro atoms. The van der Waals surface area contributed by atoms with Crippen LogP contribution in [0, 0.1) is 6.92 Å². The summed E-state index contributed by atoms with van der Waals surface area (Å²) < 4.78 is 11.9. The van der Waals surface area contributed by atoms with Crippen molar-refractivity contribution in [1.29, 1.82) is 0 Å². The number of ether oxygens (including phenoxy) is 2. The highest BCUT2D eigenvalue weighted by atomic mass is 127. The SMILES string of the molecule is COC(=O)C(Cc1ccc2c(cnn2SI)c1C)NC(=O)OC(C)(C)C. The molecule has 1 heterocycles. The van der Waals surface area contributed by atoms with Gasteiger partial charge in [-0.25, -0.2) is 9.59 Å². The van der Waals surface area contributed by atoms with Crippen LogP contribution < -0.4 is 5.32 Å². The Hall–Kier alpha value is -1.49. The van der Waals surface area contributed by atoms with E-state index in [0.717, 1.165) is 22.0 Å². The van der Waals surface area contributed by atoms with Crippen molar-refractivity contribution in [1.82, 2.24) is 14.5 Å². The lowest BCUT2D eigenvalue weighted by Crippen LogP contribution is -2.45. The van der Waals surface area contributed by atoms with Crippen LogP contribution in [0.15, 0.2) is 18.3 Å². The number of nitrogens with one attached hydrogen (secondary N) is 1. The summed E-state index contributed by atoms with van der Waals surface area (Å²) >= 11 is 2.17. The zero-order valence-electron chi connectivity index (χ0n) is 15.3. The zero-order valence-corrected chi connectivity index (χ0v) is 18.3. The second-order valence-electron chi connectivity index (χ2n) is 6.80. The van der Waals surface area contributed by atoms with Crippen molar-refractivity contribution in [2.75, 3.05) is 7.11 Å². The van der Waals surface area contributed by atoms with Crippen LogP contribution in [0.3, 0.4) is 0 Å². The smallest absolute Gasteiger partial charge is 0.408 e. The molecule has 0 radical (unpaired) electrons. The predicted molar refractivity (Wildman–Crippen MR) is 110 cm³/mol. The third kappa shape index (κ3) is 5.03. The third-order valence-electron chi connectivity index (χ3n) is 3.77. The van der Waals surface area contributed by atoms with Gasteiger partial charge in [-0.3, -0.25) is 0 Å². The average molecular weight is 491 g/mol. The number of carbonyl (C=O) groups is 2. The number of aromatic nitrogens is 2. The van der Waals surface area contributed by atoms with Crippen LogP contribution >= 0.6 is 30.3 Å². The summed E-state index contributed by atoms with van der Waals surface area (Å²) in [5.74, 6) is -0.520. The number of carbonyl (C=O) groups excluding carboxylic acids is 2. The van der Waals surface area contributed by atoms with Gasteiger partial charge in [-0.1, -0.05) is 6.07 Å². The number of amides is 1. The maximum atomic E-state index is 12.1. The first kappa shape index (κ1) is 20.8. The van der Waals surface area contributed by atoms with Gasteiger partial charge in [-0.15, -0.1) is 0 Å². The van der Waals surface area contributed by atoms with E-state index in [2.05, 4.69) is 31.6 Å². The number of aryl methyl sites for hydroxylation is 1. The maximum absolute atomic E-state index is 12.1. The summed E-state index contributed by atoms with van der Waals surface area (Å²) in [6.45, 7) is 7.27. The van der Waals surface area contributed by atoms with Gasteiger partial charge in [0, 0.05) is 42.1 Å². The van der Waals surface area contributed by atoms with Crippen LogP contribution in [-0.4, -0.2) is 40.0 Å². The molecule has 26 heavy (non-hydrogen) atoms. The maximum Gasteiger partial charge on any atom is 0.408 e. The summed E-state index contributed by atoms with van der Waals surface area (Å²) in [5.41, 5.74) is 2.30. The molecular weight excluding hydrogens is 469 g/mol. The molecule has 0 aliphatic heterocycles. The Kier molecular flexibility index (Phi) is 6.78. The normalized spacial score (nSPS) is 12.7. The highest BCUT2D eigenvalue weighted by Crippen LogP contribution is 2.27. The fourth-order valence-electron chi connectivity index (χ4n) is 2.54. The van der Waals surface area contributed by atoms with Crippen molar-refractivity contribution in [3.05, 3.63) is 29.5 Å². The van der Waals surface area contributed by atoms with Crippen molar-refractivity contribution in [2.45, 2.75) is 45.8 Å². The van der Waals surface area contributed by atoms with Gasteiger partial charge in [-0.05, 0) is 44.9 Å². The van der Waals surface area contributed by atoms with Crippen LogP contribution in [0.4, 0.5) is 4.79 Å². The number of alkyl carbamates (subject to hydrolysis) is 1. The fraction of sp³-hybridized carbons (Fsp3) is 0.471. The molecule has 2 aromatic rings. The standard InChI is InChI=1S/C17H22IN3O4S/c1-10-11(6-7-14-12(10)9-19-21(14)26-18)8-13(15(22)24-5)20-16(23)25-17(2,3)4/h6-7,9,13H,8H2,1-5H3,(H,20,23). The van der Waals surface area contributed by atoms with E-state index >= 15 is 0 Å². The topological polar surface area (TPSA) is 82.5 Å². The van der Waals surface area contributed by atoms with Crippen molar-refractivity contribution >= 4 is 53.3 Å². The highest BCUT2D eigenvalue weighted by Gasteiger charge is 2.26. The van der Waals surface area contributed by atoms with E-state index in [1.807, 2.05) is 23.1 Å². The molecule has 142 valence electrons. The molecule has 1 N–H and O–H groups in total. The van der Waals surface area contributed by atoms with Gasteiger partial charge in [0.05, 0.1) is 18.8 Å². The summed E-state index contributed by atoms with van der Waals surface area (Å²) in [7, 11) is 2.78. The molecule has 0 saturated heterocycles. The van der Waals surface area contributed by atoms with E-state index in [4.69, 9.17) is 9.47 Å². The quantitative estimate of drug-likeness (QED) is 0.506. The minimum absolute atomic E-state index is 0.302. The van der Waals surface area contributed by atoms with Crippen molar-refractivity contribution in [3.8, 4) is 0 Å². The number of fused-ring (bicyclic) bond motifs is 1. The summed E-state index contributed by atoms with van der Waals surface area (Å²) in [5, 5.41) is 7.94. The summed E-state index contributed by atoms with van der Waals surface area (Å²) in [4.78, 5) is 24.2. The first-order valence-corrected chi connectivity index (χ1v) is 11.3. The second kappa shape index (κ2) is 8.47. The predicted octanol–water partition coefficient (Wildman–Crippen LogP) is 3.80. The van der Waals surface area contributed by atoms with Gasteiger partial charge in [0.25, 0.3) is 0 Å². The number of benzene rings is 1. The number of nitrogens with zero attached hydrogens (tertiary/aromatic N) is 2. The number of esters is 1. The molecule has 1 atom stereocenters. The lowest BCUT2D eigenvalue weighted by molar-refractivity contribution is -0.143. The minimum Gasteiger partial charge on any atom is -0.467 e. The largest absolute Gasteiger partial charge is 0.467 e. The molecule has 0 fully saturated rings. The second-order valence-corrected chi connectivity index (χ2v) is 8.46. The van der Waals surface area contributed by atoms with E-state index in [0.29, 0.717) is 6.42 Å². The Bertz CT molecular complexity index is 816. The lowest BCUT2D eigenvalue weighted by atomic mass is 9.98. The number of halogens is 1. The average Bonchev–Trinajstić information content (AvgIpc) is 2.97. The first-order chi connectivity index (χ1) is 12.2. The molecule has 2 rings (SSSR count). The van der Waals surface area contributed by atoms with Crippen LogP contribution in [-0.2, 0) is 20.7 Å². The molecule has 0 saturated carbocycles. The van der Waals surface area contributed by atoms with E-state index in [9.17, 15) is 9.59 Å². The minimum atomic E-state index is -0.833. The number of hydrogen-bond acceptors (Lipinski definition) is 6.